The van der Waals surface area contributed by atoms with Crippen LogP contribution in [0.1, 0.15) is 97.7 Å². The van der Waals surface area contributed by atoms with Gasteiger partial charge in [0.25, 0.3) is 0 Å². The zero-order valence-corrected chi connectivity index (χ0v) is 36.7. The molecule has 7 aromatic rings. The van der Waals surface area contributed by atoms with E-state index in [1.807, 2.05) is 24.3 Å². The van der Waals surface area contributed by atoms with Crippen molar-refractivity contribution in [2.45, 2.75) is 57.9 Å². The number of ether oxygens (including phenoxy) is 1. The first-order valence-electron chi connectivity index (χ1n) is 20.5. The Kier molecular flexibility index (Phi) is 12.7. The number of nitro groups is 2. The third kappa shape index (κ3) is 9.70. The molecular formula is C46H40Cl2N10O7. The highest BCUT2D eigenvalue weighted by Gasteiger charge is 2.31. The maximum Gasteiger partial charge on any atom is 0.334 e. The molecule has 9 rings (SSSR count). The molecule has 0 bridgehead atoms. The van der Waals surface area contributed by atoms with Crippen LogP contribution in [0.3, 0.4) is 0 Å². The molecule has 4 heterocycles. The molecule has 2 aliphatic rings. The first-order chi connectivity index (χ1) is 31.3. The van der Waals surface area contributed by atoms with E-state index >= 15 is 0 Å². The SMILES string of the molecule is COc1ccc(Cn2nc(Nc3cc(C4CC4)ncc3C(=O)c3ccccc3Cl)c([N+](=O)[O-])c2C)cc1.Cc1[nH]nc(Nc2cc(C3CC3)ncc2C(=O)c2ccccc2Cl)c1[N+](=O)[O-]. The molecule has 0 radical (unpaired) electrons. The number of hydrogen-bond acceptors (Lipinski definition) is 13. The van der Waals surface area contributed by atoms with Crippen LogP contribution >= 0.6 is 23.2 Å². The van der Waals surface area contributed by atoms with Crippen LogP contribution in [0.15, 0.2) is 97.3 Å². The van der Waals surface area contributed by atoms with Crippen molar-refractivity contribution in [1.29, 1.82) is 0 Å². The Balaban J connectivity index is 0.000000184. The van der Waals surface area contributed by atoms with Gasteiger partial charge in [-0.3, -0.25) is 49.6 Å². The van der Waals surface area contributed by atoms with Crippen LogP contribution in [0.5, 0.6) is 5.75 Å². The van der Waals surface area contributed by atoms with Crippen LogP contribution in [-0.4, -0.2) is 58.5 Å². The van der Waals surface area contributed by atoms with E-state index in [1.165, 1.54) is 12.4 Å². The van der Waals surface area contributed by atoms with Crippen molar-refractivity contribution in [1.82, 2.24) is 29.9 Å². The van der Waals surface area contributed by atoms with E-state index in [0.29, 0.717) is 68.1 Å². The summed E-state index contributed by atoms with van der Waals surface area (Å²) >= 11 is 12.5. The number of rotatable bonds is 15. The van der Waals surface area contributed by atoms with E-state index in [0.717, 1.165) is 42.6 Å². The maximum atomic E-state index is 13.4. The molecule has 19 heteroatoms. The van der Waals surface area contributed by atoms with Gasteiger partial charge in [-0.1, -0.05) is 59.6 Å². The van der Waals surface area contributed by atoms with Gasteiger partial charge in [-0.15, -0.1) is 10.2 Å². The Bertz CT molecular complexity index is 2980. The molecule has 330 valence electrons. The number of anilines is 4. The van der Waals surface area contributed by atoms with E-state index in [4.69, 9.17) is 27.9 Å². The number of aromatic amines is 1. The van der Waals surface area contributed by atoms with Crippen molar-refractivity contribution in [3.63, 3.8) is 0 Å². The molecule has 0 unspecified atom stereocenters. The quantitative estimate of drug-likeness (QED) is 0.0495. The molecule has 65 heavy (non-hydrogen) atoms. The largest absolute Gasteiger partial charge is 0.497 e. The molecule has 0 spiro atoms. The lowest BCUT2D eigenvalue weighted by molar-refractivity contribution is -0.384. The molecule has 0 amide bonds. The summed E-state index contributed by atoms with van der Waals surface area (Å²) in [7, 11) is 1.59. The summed E-state index contributed by atoms with van der Waals surface area (Å²) in [5.41, 5.74) is 4.96. The van der Waals surface area contributed by atoms with Gasteiger partial charge < -0.3 is 15.4 Å². The number of ketones is 2. The van der Waals surface area contributed by atoms with Gasteiger partial charge in [-0.05, 0) is 93.6 Å². The fourth-order valence-corrected chi connectivity index (χ4v) is 7.63. The van der Waals surface area contributed by atoms with Crippen molar-refractivity contribution < 1.29 is 24.2 Å². The zero-order chi connectivity index (χ0) is 45.9. The summed E-state index contributed by atoms with van der Waals surface area (Å²) in [6.07, 6.45) is 7.10. The second-order valence-corrected chi connectivity index (χ2v) is 16.4. The van der Waals surface area contributed by atoms with Gasteiger partial charge in [0.05, 0.1) is 56.0 Å². The summed E-state index contributed by atoms with van der Waals surface area (Å²) < 4.78 is 6.77. The zero-order valence-electron chi connectivity index (χ0n) is 35.2. The summed E-state index contributed by atoms with van der Waals surface area (Å²) in [4.78, 5) is 57.9. The fourth-order valence-electron chi connectivity index (χ4n) is 7.18. The topological polar surface area (TPSA) is 226 Å². The molecule has 0 aliphatic heterocycles. The van der Waals surface area contributed by atoms with Crippen molar-refractivity contribution in [2.24, 2.45) is 0 Å². The number of pyridine rings is 2. The number of carbonyl (C=O) groups excluding carboxylic acids is 2. The normalized spacial score (nSPS) is 13.1. The van der Waals surface area contributed by atoms with Gasteiger partial charge in [0, 0.05) is 46.7 Å². The van der Waals surface area contributed by atoms with E-state index in [9.17, 15) is 29.8 Å². The summed E-state index contributed by atoms with van der Waals surface area (Å²) in [6.45, 7) is 3.54. The number of benzene rings is 3. The Hall–Kier alpha value is -7.50. The van der Waals surface area contributed by atoms with Crippen LogP contribution in [0, 0.1) is 34.1 Å². The highest BCUT2D eigenvalue weighted by Crippen LogP contribution is 2.43. The van der Waals surface area contributed by atoms with E-state index < -0.39 is 9.85 Å². The third-order valence-electron chi connectivity index (χ3n) is 11.0. The van der Waals surface area contributed by atoms with Gasteiger partial charge >= 0.3 is 11.4 Å². The van der Waals surface area contributed by atoms with Crippen molar-refractivity contribution >= 4 is 69.2 Å². The number of aromatic nitrogens is 6. The van der Waals surface area contributed by atoms with Crippen molar-refractivity contribution in [3.05, 3.63) is 178 Å². The number of carbonyl (C=O) groups is 2. The minimum Gasteiger partial charge on any atom is -0.497 e. The van der Waals surface area contributed by atoms with Crippen molar-refractivity contribution in [2.75, 3.05) is 17.7 Å². The van der Waals surface area contributed by atoms with Crippen LogP contribution in [0.2, 0.25) is 10.0 Å². The van der Waals surface area contributed by atoms with Crippen LogP contribution in [0.4, 0.5) is 34.4 Å². The summed E-state index contributed by atoms with van der Waals surface area (Å²) in [6, 6.07) is 24.4. The number of nitrogens with one attached hydrogen (secondary N) is 3. The lowest BCUT2D eigenvalue weighted by Crippen LogP contribution is -2.09. The Morgan fingerprint density at radius 1 is 0.738 bits per heavy atom. The second kappa shape index (κ2) is 18.7. The van der Waals surface area contributed by atoms with Crippen LogP contribution < -0.4 is 15.4 Å². The monoisotopic (exact) mass is 914 g/mol. The molecular weight excluding hydrogens is 875 g/mol. The van der Waals surface area contributed by atoms with E-state index in [-0.39, 0.29) is 45.7 Å². The number of H-pyrrole nitrogens is 1. The van der Waals surface area contributed by atoms with Crippen LogP contribution in [-0.2, 0) is 6.54 Å². The minimum atomic E-state index is -0.514. The summed E-state index contributed by atoms with van der Waals surface area (Å²) in [5.74, 6) is 0.822. The number of methoxy groups -OCH3 is 1. The van der Waals surface area contributed by atoms with Crippen LogP contribution in [0.25, 0.3) is 0 Å². The lowest BCUT2D eigenvalue weighted by Gasteiger charge is -2.12. The predicted octanol–water partition coefficient (Wildman–Crippen LogP) is 10.6. The first kappa shape index (κ1) is 44.1. The predicted molar refractivity (Wildman–Crippen MR) is 244 cm³/mol. The number of hydrogen-bond donors (Lipinski definition) is 3. The van der Waals surface area contributed by atoms with E-state index in [2.05, 4.69) is 35.9 Å². The third-order valence-corrected chi connectivity index (χ3v) is 11.7. The lowest BCUT2D eigenvalue weighted by atomic mass is 10.0. The molecule has 2 aliphatic carbocycles. The number of halogens is 2. The molecule has 3 aromatic carbocycles. The molecule has 0 atom stereocenters. The molecule has 17 nitrogen and oxygen atoms in total. The fraction of sp³-hybridized carbons (Fsp3) is 0.217. The van der Waals surface area contributed by atoms with Gasteiger partial charge in [0.1, 0.15) is 17.1 Å². The molecule has 2 saturated carbocycles. The Labute approximate surface area is 381 Å². The summed E-state index contributed by atoms with van der Waals surface area (Å²) in [5, 5.41) is 41.2. The van der Waals surface area contributed by atoms with E-state index in [1.54, 1.807) is 86.3 Å². The molecule has 4 aromatic heterocycles. The van der Waals surface area contributed by atoms with Gasteiger partial charge in [0.2, 0.25) is 11.6 Å². The molecule has 3 N–H and O–H groups in total. The second-order valence-electron chi connectivity index (χ2n) is 15.6. The Morgan fingerprint density at radius 2 is 1.23 bits per heavy atom. The average Bonchev–Trinajstić information content (AvgIpc) is 4.24. The van der Waals surface area contributed by atoms with Crippen molar-refractivity contribution in [3.8, 4) is 5.75 Å². The highest BCUT2D eigenvalue weighted by atomic mass is 35.5. The highest BCUT2D eigenvalue weighted by molar-refractivity contribution is 6.35. The minimum absolute atomic E-state index is 0.0451. The molecule has 0 saturated heterocycles. The van der Waals surface area contributed by atoms with Gasteiger partial charge in [-0.25, -0.2) is 0 Å². The number of aryl methyl sites for hydroxylation is 1. The number of nitrogens with zero attached hydrogens (tertiary/aromatic N) is 7. The maximum absolute atomic E-state index is 13.4. The smallest absolute Gasteiger partial charge is 0.334 e. The van der Waals surface area contributed by atoms with Gasteiger partial charge in [-0.2, -0.15) is 0 Å². The average molecular weight is 916 g/mol. The molecule has 2 fully saturated rings. The first-order valence-corrected chi connectivity index (χ1v) is 21.2. The Morgan fingerprint density at radius 3 is 1.69 bits per heavy atom. The standard InChI is InChI=1S/C27H24ClN5O4.C19H16ClN5O3/c1-16-25(33(35)36)27(31-32(16)15-17-7-11-19(37-2)12-8-17)30-24-13-23(18-9-10-18)29-14-21(24)26(34)20-5-3-4-6-22(20)28;1-10-17(25(27)28)19(24-23-10)22-16-8-15(11-6-7-11)21-9-13(16)18(26)12-4-2-3-5-14(12)20/h3-8,11-14,18H,9-10,15H2,1-2H3,(H,29,30,31);2-5,8-9,11H,6-7H2,1H3,(H2,21,22,23,24). The van der Waals surface area contributed by atoms with Gasteiger partial charge in [0.15, 0.2) is 11.6 Å².